The molecule has 1 aromatic heterocycles. The molecule has 0 amide bonds. The molecular formula is C16H27N3O2. The van der Waals surface area contributed by atoms with E-state index >= 15 is 0 Å². The maximum atomic E-state index is 12.9. The number of hydrogen-bond donors (Lipinski definition) is 0. The summed E-state index contributed by atoms with van der Waals surface area (Å²) in [6.07, 6.45) is 5.92. The summed E-state index contributed by atoms with van der Waals surface area (Å²) >= 11 is 0. The van der Waals surface area contributed by atoms with Crippen molar-refractivity contribution in [3.63, 3.8) is 0 Å². The fourth-order valence-corrected chi connectivity index (χ4v) is 2.95. The quantitative estimate of drug-likeness (QED) is 0.756. The van der Waals surface area contributed by atoms with E-state index in [2.05, 4.69) is 16.9 Å². The lowest BCUT2D eigenvalue weighted by atomic mass is 9.80. The highest BCUT2D eigenvalue weighted by Gasteiger charge is 2.30. The van der Waals surface area contributed by atoms with Gasteiger partial charge in [-0.1, -0.05) is 19.8 Å². The standard InChI is InChI=1S/C16H27N3O2/c1-12-5-7-13(8-6-12)16(20)15-14(21-4)11-17-19(15)10-9-18(2)3/h11-13H,5-10H2,1-4H3. The van der Waals surface area contributed by atoms with E-state index in [4.69, 9.17) is 4.74 Å². The van der Waals surface area contributed by atoms with Crippen molar-refractivity contribution in [2.24, 2.45) is 11.8 Å². The van der Waals surface area contributed by atoms with Crippen LogP contribution in [-0.2, 0) is 6.54 Å². The monoisotopic (exact) mass is 293 g/mol. The molecule has 0 bridgehead atoms. The lowest BCUT2D eigenvalue weighted by molar-refractivity contribution is 0.0860. The Morgan fingerprint density at radius 1 is 1.38 bits per heavy atom. The summed E-state index contributed by atoms with van der Waals surface area (Å²) in [7, 11) is 5.64. The first kappa shape index (κ1) is 16.0. The van der Waals surface area contributed by atoms with Gasteiger partial charge >= 0.3 is 0 Å². The van der Waals surface area contributed by atoms with Gasteiger partial charge in [-0.15, -0.1) is 0 Å². The number of nitrogens with zero attached hydrogens (tertiary/aromatic N) is 3. The molecule has 0 N–H and O–H groups in total. The van der Waals surface area contributed by atoms with Gasteiger partial charge in [0.2, 0.25) is 0 Å². The van der Waals surface area contributed by atoms with Crippen LogP contribution in [0.3, 0.4) is 0 Å². The third-order valence-corrected chi connectivity index (χ3v) is 4.40. The zero-order valence-corrected chi connectivity index (χ0v) is 13.6. The van der Waals surface area contributed by atoms with E-state index in [1.165, 1.54) is 0 Å². The minimum absolute atomic E-state index is 0.130. The molecule has 1 saturated carbocycles. The van der Waals surface area contributed by atoms with Crippen molar-refractivity contribution in [3.05, 3.63) is 11.9 Å². The lowest BCUT2D eigenvalue weighted by Crippen LogP contribution is -2.26. The van der Waals surface area contributed by atoms with Crippen LogP contribution in [0.5, 0.6) is 5.75 Å². The van der Waals surface area contributed by atoms with E-state index in [0.29, 0.717) is 18.0 Å². The number of carbonyl (C=O) groups excluding carboxylic acids is 1. The smallest absolute Gasteiger partial charge is 0.187 e. The van der Waals surface area contributed by atoms with E-state index in [-0.39, 0.29) is 11.7 Å². The minimum Gasteiger partial charge on any atom is -0.493 e. The van der Waals surface area contributed by atoms with Gasteiger partial charge in [-0.25, -0.2) is 0 Å². The third kappa shape index (κ3) is 3.84. The molecule has 21 heavy (non-hydrogen) atoms. The van der Waals surface area contributed by atoms with Gasteiger partial charge in [-0.2, -0.15) is 5.10 Å². The molecule has 0 spiro atoms. The number of likely N-dealkylation sites (N-methyl/N-ethyl adjacent to an activating group) is 1. The average Bonchev–Trinajstić information content (AvgIpc) is 2.88. The molecule has 0 atom stereocenters. The number of aromatic nitrogens is 2. The molecule has 1 aliphatic carbocycles. The second-order valence-electron chi connectivity index (χ2n) is 6.41. The lowest BCUT2D eigenvalue weighted by Gasteiger charge is -2.25. The fraction of sp³-hybridized carbons (Fsp3) is 0.750. The van der Waals surface area contributed by atoms with Crippen LogP contribution in [0.4, 0.5) is 0 Å². The number of ketones is 1. The van der Waals surface area contributed by atoms with Crippen molar-refractivity contribution in [1.29, 1.82) is 0 Å². The van der Waals surface area contributed by atoms with Crippen LogP contribution in [0.2, 0.25) is 0 Å². The molecule has 5 nitrogen and oxygen atoms in total. The Bertz CT molecular complexity index is 474. The molecule has 0 radical (unpaired) electrons. The van der Waals surface area contributed by atoms with Crippen molar-refractivity contribution in [1.82, 2.24) is 14.7 Å². The first-order valence-corrected chi connectivity index (χ1v) is 7.81. The summed E-state index contributed by atoms with van der Waals surface area (Å²) in [6.45, 7) is 3.83. The zero-order chi connectivity index (χ0) is 15.4. The second kappa shape index (κ2) is 7.07. The Morgan fingerprint density at radius 3 is 2.62 bits per heavy atom. The van der Waals surface area contributed by atoms with Crippen LogP contribution in [0, 0.1) is 11.8 Å². The number of methoxy groups -OCH3 is 1. The number of carbonyl (C=O) groups is 1. The summed E-state index contributed by atoms with van der Waals surface area (Å²) in [4.78, 5) is 14.9. The van der Waals surface area contributed by atoms with Crippen LogP contribution < -0.4 is 4.74 Å². The summed E-state index contributed by atoms with van der Waals surface area (Å²) < 4.78 is 7.15. The Labute approximate surface area is 127 Å². The Morgan fingerprint density at radius 2 is 2.05 bits per heavy atom. The maximum absolute atomic E-state index is 12.9. The largest absolute Gasteiger partial charge is 0.493 e. The Balaban J connectivity index is 2.16. The molecule has 0 aromatic carbocycles. The first-order chi connectivity index (χ1) is 10.0. The van der Waals surface area contributed by atoms with Crippen LogP contribution in [0.1, 0.15) is 43.1 Å². The van der Waals surface area contributed by atoms with Crippen molar-refractivity contribution in [2.45, 2.75) is 39.2 Å². The van der Waals surface area contributed by atoms with E-state index < -0.39 is 0 Å². The number of rotatable bonds is 6. The van der Waals surface area contributed by atoms with E-state index in [9.17, 15) is 4.79 Å². The summed E-state index contributed by atoms with van der Waals surface area (Å²) in [5, 5.41) is 4.33. The first-order valence-electron chi connectivity index (χ1n) is 7.81. The summed E-state index contributed by atoms with van der Waals surface area (Å²) in [5.74, 6) is 1.69. The van der Waals surface area contributed by atoms with E-state index in [1.807, 2.05) is 14.1 Å². The van der Waals surface area contributed by atoms with Gasteiger partial charge in [-0.3, -0.25) is 9.48 Å². The highest BCUT2D eigenvalue weighted by molar-refractivity contribution is 5.98. The molecule has 1 aromatic rings. The number of hydrogen-bond acceptors (Lipinski definition) is 4. The molecule has 2 rings (SSSR count). The summed E-state index contributed by atoms with van der Waals surface area (Å²) in [6, 6.07) is 0. The molecule has 0 saturated heterocycles. The third-order valence-electron chi connectivity index (χ3n) is 4.40. The van der Waals surface area contributed by atoms with Crippen molar-refractivity contribution in [3.8, 4) is 5.75 Å². The zero-order valence-electron chi connectivity index (χ0n) is 13.6. The Hall–Kier alpha value is -1.36. The fourth-order valence-electron chi connectivity index (χ4n) is 2.95. The number of Topliss-reactive ketones (excluding diaryl/α,β-unsaturated/α-hetero) is 1. The maximum Gasteiger partial charge on any atom is 0.187 e. The van der Waals surface area contributed by atoms with Crippen molar-refractivity contribution in [2.75, 3.05) is 27.7 Å². The predicted octanol–water partition coefficient (Wildman–Crippen LogP) is 2.46. The second-order valence-corrected chi connectivity index (χ2v) is 6.41. The predicted molar refractivity (Wildman–Crippen MR) is 82.8 cm³/mol. The highest BCUT2D eigenvalue weighted by atomic mass is 16.5. The molecule has 1 heterocycles. The molecule has 118 valence electrons. The molecule has 5 heteroatoms. The number of ether oxygens (including phenoxy) is 1. The van der Waals surface area contributed by atoms with Crippen LogP contribution >= 0.6 is 0 Å². The van der Waals surface area contributed by atoms with Gasteiger partial charge in [0.05, 0.1) is 19.9 Å². The van der Waals surface area contributed by atoms with Gasteiger partial charge < -0.3 is 9.64 Å². The van der Waals surface area contributed by atoms with Gasteiger partial charge in [0.25, 0.3) is 0 Å². The molecule has 0 unspecified atom stereocenters. The van der Waals surface area contributed by atoms with Crippen LogP contribution in [0.25, 0.3) is 0 Å². The van der Waals surface area contributed by atoms with Gasteiger partial charge in [0, 0.05) is 12.5 Å². The molecule has 1 fully saturated rings. The average molecular weight is 293 g/mol. The topological polar surface area (TPSA) is 47.4 Å². The van der Waals surface area contributed by atoms with Crippen molar-refractivity contribution >= 4 is 5.78 Å². The Kier molecular flexibility index (Phi) is 5.39. The summed E-state index contributed by atoms with van der Waals surface area (Å²) in [5.41, 5.74) is 0.652. The van der Waals surface area contributed by atoms with E-state index in [1.54, 1.807) is 18.0 Å². The minimum atomic E-state index is 0.130. The SMILES string of the molecule is COc1cnn(CCN(C)C)c1C(=O)C1CCC(C)CC1. The van der Waals surface area contributed by atoms with Gasteiger partial charge in [0.15, 0.2) is 11.5 Å². The highest BCUT2D eigenvalue weighted by Crippen LogP contribution is 2.32. The van der Waals surface area contributed by atoms with Gasteiger partial charge in [0.1, 0.15) is 5.69 Å². The van der Waals surface area contributed by atoms with Gasteiger partial charge in [-0.05, 0) is 32.9 Å². The van der Waals surface area contributed by atoms with E-state index in [0.717, 1.165) is 38.1 Å². The molecule has 1 aliphatic rings. The van der Waals surface area contributed by atoms with Crippen molar-refractivity contribution < 1.29 is 9.53 Å². The van der Waals surface area contributed by atoms with Crippen LogP contribution in [-0.4, -0.2) is 48.2 Å². The van der Waals surface area contributed by atoms with Crippen LogP contribution in [0.15, 0.2) is 6.20 Å². The molecule has 0 aliphatic heterocycles. The molecular weight excluding hydrogens is 266 g/mol. The normalized spacial score (nSPS) is 22.5.